The lowest BCUT2D eigenvalue weighted by Crippen LogP contribution is -2.40. The number of fused-ring (bicyclic) bond motifs is 1. The zero-order valence-corrected chi connectivity index (χ0v) is 21.3. The molecule has 1 atom stereocenters. The Hall–Kier alpha value is -4.16. The zero-order chi connectivity index (χ0) is 27.0. The van der Waals surface area contributed by atoms with Crippen molar-refractivity contribution in [1.82, 2.24) is 4.57 Å². The summed E-state index contributed by atoms with van der Waals surface area (Å²) in [6.45, 7) is 4.91. The summed E-state index contributed by atoms with van der Waals surface area (Å²) >= 11 is 6.92. The Kier molecular flexibility index (Phi) is 7.05. The molecule has 1 aliphatic heterocycles. The minimum Gasteiger partial charge on any atom is -0.463 e. The second kappa shape index (κ2) is 10.1. The van der Waals surface area contributed by atoms with Crippen molar-refractivity contribution in [2.45, 2.75) is 26.8 Å². The van der Waals surface area contributed by atoms with Gasteiger partial charge in [0.05, 0.1) is 38.3 Å². The number of allylic oxidation sites excluding steroid dienone is 1. The highest BCUT2D eigenvalue weighted by molar-refractivity contribution is 7.07. The Morgan fingerprint density at radius 1 is 1.16 bits per heavy atom. The van der Waals surface area contributed by atoms with Gasteiger partial charge in [-0.3, -0.25) is 29.6 Å². The van der Waals surface area contributed by atoms with Gasteiger partial charge >= 0.3 is 5.97 Å². The summed E-state index contributed by atoms with van der Waals surface area (Å²) in [5.41, 5.74) is 0.518. The van der Waals surface area contributed by atoms with Crippen LogP contribution in [0.15, 0.2) is 57.5 Å². The van der Waals surface area contributed by atoms with Crippen molar-refractivity contribution in [2.24, 2.45) is 4.99 Å². The number of nitrogens with zero attached hydrogens (tertiary/aromatic N) is 4. The summed E-state index contributed by atoms with van der Waals surface area (Å²) in [5.74, 6) is -0.695. The van der Waals surface area contributed by atoms with Gasteiger partial charge in [-0.1, -0.05) is 41.1 Å². The fourth-order valence-corrected chi connectivity index (χ4v) is 5.24. The van der Waals surface area contributed by atoms with Crippen LogP contribution in [0, 0.1) is 27.2 Å². The molecule has 2 aromatic carbocycles. The van der Waals surface area contributed by atoms with Crippen molar-refractivity contribution >= 4 is 46.4 Å². The molecule has 0 spiro atoms. The SMILES string of the molecule is CCOC(=O)C1=C(C)N=c2s/c(=C/c3ccc(Cl)c([N+](=O)[O-])c3)c(=O)n2[C@@H]1c1ccc(C)c([N+](=O)[O-])c1. The molecule has 37 heavy (non-hydrogen) atoms. The van der Waals surface area contributed by atoms with Crippen LogP contribution in [-0.4, -0.2) is 27.0 Å². The van der Waals surface area contributed by atoms with E-state index in [1.54, 1.807) is 32.9 Å². The number of carbonyl (C=O) groups excluding carboxylic acids is 1. The molecule has 4 rings (SSSR count). The van der Waals surface area contributed by atoms with E-state index in [4.69, 9.17) is 16.3 Å². The Bertz CT molecular complexity index is 1690. The van der Waals surface area contributed by atoms with E-state index in [9.17, 15) is 29.8 Å². The number of nitro benzene ring substituents is 2. The molecule has 0 radical (unpaired) electrons. The monoisotopic (exact) mass is 542 g/mol. The molecule has 0 saturated carbocycles. The van der Waals surface area contributed by atoms with Gasteiger partial charge in [0.2, 0.25) is 0 Å². The third-order valence-corrected chi connectivity index (χ3v) is 7.03. The number of carbonyl (C=O) groups is 1. The van der Waals surface area contributed by atoms with Gasteiger partial charge in [-0.2, -0.15) is 0 Å². The van der Waals surface area contributed by atoms with E-state index in [-0.39, 0.29) is 37.9 Å². The quantitative estimate of drug-likeness (QED) is 0.263. The van der Waals surface area contributed by atoms with E-state index in [1.165, 1.54) is 34.9 Å². The predicted molar refractivity (Wildman–Crippen MR) is 136 cm³/mol. The van der Waals surface area contributed by atoms with Crippen molar-refractivity contribution in [3.63, 3.8) is 0 Å². The van der Waals surface area contributed by atoms with Crippen molar-refractivity contribution in [2.75, 3.05) is 6.61 Å². The summed E-state index contributed by atoms with van der Waals surface area (Å²) in [5, 5.41) is 22.8. The number of hydrogen-bond acceptors (Lipinski definition) is 9. The smallest absolute Gasteiger partial charge is 0.338 e. The van der Waals surface area contributed by atoms with Crippen molar-refractivity contribution in [1.29, 1.82) is 0 Å². The van der Waals surface area contributed by atoms with Gasteiger partial charge in [-0.25, -0.2) is 9.79 Å². The van der Waals surface area contributed by atoms with Crippen LogP contribution >= 0.6 is 22.9 Å². The Morgan fingerprint density at radius 3 is 2.51 bits per heavy atom. The third kappa shape index (κ3) is 4.80. The van der Waals surface area contributed by atoms with Crippen LogP contribution in [0.1, 0.15) is 36.6 Å². The average molecular weight is 543 g/mol. The molecule has 0 N–H and O–H groups in total. The van der Waals surface area contributed by atoms with Crippen LogP contribution in [0.2, 0.25) is 5.02 Å². The van der Waals surface area contributed by atoms with Gasteiger partial charge in [0.15, 0.2) is 4.80 Å². The van der Waals surface area contributed by atoms with Crippen molar-refractivity contribution < 1.29 is 19.4 Å². The summed E-state index contributed by atoms with van der Waals surface area (Å²) in [6.07, 6.45) is 1.46. The van der Waals surface area contributed by atoms with Gasteiger partial charge in [0, 0.05) is 17.7 Å². The fraction of sp³-hybridized carbons (Fsp3) is 0.208. The molecular formula is C24H19ClN4O7S. The predicted octanol–water partition coefficient (Wildman–Crippen LogP) is 3.58. The van der Waals surface area contributed by atoms with Crippen molar-refractivity contribution in [3.8, 4) is 0 Å². The molecule has 0 saturated heterocycles. The van der Waals surface area contributed by atoms with Crippen LogP contribution < -0.4 is 14.9 Å². The molecule has 2 heterocycles. The second-order valence-electron chi connectivity index (χ2n) is 8.07. The first-order chi connectivity index (χ1) is 17.5. The molecule has 0 fully saturated rings. The summed E-state index contributed by atoms with van der Waals surface area (Å²) in [6, 6.07) is 7.60. The summed E-state index contributed by atoms with van der Waals surface area (Å²) in [7, 11) is 0. The molecule has 1 aliphatic rings. The highest BCUT2D eigenvalue weighted by Crippen LogP contribution is 2.33. The van der Waals surface area contributed by atoms with E-state index >= 15 is 0 Å². The van der Waals surface area contributed by atoms with Crippen LogP contribution in [0.4, 0.5) is 11.4 Å². The molecule has 0 bridgehead atoms. The van der Waals surface area contributed by atoms with E-state index in [2.05, 4.69) is 4.99 Å². The highest BCUT2D eigenvalue weighted by atomic mass is 35.5. The Balaban J connectivity index is 1.98. The van der Waals surface area contributed by atoms with Crippen LogP contribution in [0.3, 0.4) is 0 Å². The first-order valence-electron chi connectivity index (χ1n) is 10.9. The number of aryl methyl sites for hydroxylation is 1. The number of benzene rings is 2. The first-order valence-corrected chi connectivity index (χ1v) is 12.1. The van der Waals surface area contributed by atoms with Gasteiger partial charge in [-0.15, -0.1) is 0 Å². The number of hydrogen-bond donors (Lipinski definition) is 0. The molecular weight excluding hydrogens is 524 g/mol. The van der Waals surface area contributed by atoms with Crippen molar-refractivity contribution in [3.05, 3.63) is 109 Å². The normalized spacial score (nSPS) is 15.2. The standard InChI is InChI=1S/C24H19ClN4O7S/c1-4-36-23(31)20-13(3)26-24-27(21(20)15-7-5-12(2)17(11-15)28(32)33)22(30)19(37-24)10-14-6-8-16(25)18(9-14)29(34)35/h5-11,21H,4H2,1-3H3/b19-10+/t21-/m1/s1. The largest absolute Gasteiger partial charge is 0.463 e. The van der Waals surface area contributed by atoms with Gasteiger partial charge in [-0.05, 0) is 44.0 Å². The summed E-state index contributed by atoms with van der Waals surface area (Å²) < 4.78 is 6.70. The van der Waals surface area contributed by atoms with Crippen LogP contribution in [0.5, 0.6) is 0 Å². The maximum Gasteiger partial charge on any atom is 0.338 e. The molecule has 0 unspecified atom stereocenters. The molecule has 190 valence electrons. The van der Waals surface area contributed by atoms with E-state index < -0.39 is 27.4 Å². The maximum atomic E-state index is 13.6. The minimum absolute atomic E-state index is 0.0423. The molecule has 3 aromatic rings. The van der Waals surface area contributed by atoms with Gasteiger partial charge in [0.1, 0.15) is 5.02 Å². The summed E-state index contributed by atoms with van der Waals surface area (Å²) in [4.78, 5) is 53.0. The number of aromatic nitrogens is 1. The highest BCUT2D eigenvalue weighted by Gasteiger charge is 2.34. The van der Waals surface area contributed by atoms with Gasteiger partial charge < -0.3 is 4.74 Å². The molecule has 0 aliphatic carbocycles. The lowest BCUT2D eigenvalue weighted by Gasteiger charge is -2.24. The first kappa shape index (κ1) is 25.9. The number of thiazole rings is 1. The third-order valence-electron chi connectivity index (χ3n) is 5.73. The number of rotatable bonds is 6. The number of esters is 1. The molecule has 1 aromatic heterocycles. The Morgan fingerprint density at radius 2 is 1.86 bits per heavy atom. The zero-order valence-electron chi connectivity index (χ0n) is 19.8. The Labute approximate surface area is 217 Å². The lowest BCUT2D eigenvalue weighted by molar-refractivity contribution is -0.385. The number of nitro groups is 2. The maximum absolute atomic E-state index is 13.6. The average Bonchev–Trinajstić information content (AvgIpc) is 3.13. The second-order valence-corrected chi connectivity index (χ2v) is 9.49. The lowest BCUT2D eigenvalue weighted by atomic mass is 9.94. The minimum atomic E-state index is -1.03. The van der Waals surface area contributed by atoms with Crippen LogP contribution in [0.25, 0.3) is 6.08 Å². The molecule has 0 amide bonds. The topological polar surface area (TPSA) is 147 Å². The van der Waals surface area contributed by atoms with E-state index in [0.717, 1.165) is 11.3 Å². The number of ether oxygens (including phenoxy) is 1. The van der Waals surface area contributed by atoms with E-state index in [0.29, 0.717) is 22.4 Å². The number of halogens is 1. The molecule has 11 nitrogen and oxygen atoms in total. The van der Waals surface area contributed by atoms with Crippen LogP contribution in [-0.2, 0) is 9.53 Å². The fourth-order valence-electron chi connectivity index (χ4n) is 4.01. The van der Waals surface area contributed by atoms with E-state index in [1.807, 2.05) is 0 Å². The molecule has 13 heteroatoms. The van der Waals surface area contributed by atoms with Gasteiger partial charge in [0.25, 0.3) is 16.9 Å².